The van der Waals surface area contributed by atoms with Crippen LogP contribution in [0.25, 0.3) is 0 Å². The van der Waals surface area contributed by atoms with Crippen molar-refractivity contribution in [3.05, 3.63) is 0 Å². The first kappa shape index (κ1) is 11.0. The van der Waals surface area contributed by atoms with Crippen molar-refractivity contribution >= 4 is 0 Å². The third-order valence-electron chi connectivity index (χ3n) is 3.27. The van der Waals surface area contributed by atoms with E-state index >= 15 is 0 Å². The van der Waals surface area contributed by atoms with E-state index in [1.165, 1.54) is 38.9 Å². The van der Waals surface area contributed by atoms with E-state index < -0.39 is 0 Å². The summed E-state index contributed by atoms with van der Waals surface area (Å²) in [5.74, 6) is 0.910. The van der Waals surface area contributed by atoms with Crippen molar-refractivity contribution in [2.45, 2.75) is 47.0 Å². The molecule has 1 fully saturated rings. The first-order valence-corrected chi connectivity index (χ1v) is 5.76. The van der Waals surface area contributed by atoms with Gasteiger partial charge in [0.1, 0.15) is 0 Å². The van der Waals surface area contributed by atoms with Gasteiger partial charge in [0, 0.05) is 6.54 Å². The van der Waals surface area contributed by atoms with Gasteiger partial charge in [-0.3, -0.25) is 0 Å². The maximum Gasteiger partial charge on any atom is 0.00147 e. The van der Waals surface area contributed by atoms with Gasteiger partial charge in [-0.2, -0.15) is 0 Å². The summed E-state index contributed by atoms with van der Waals surface area (Å²) in [6.07, 6.45) is 4.14. The fourth-order valence-corrected chi connectivity index (χ4v) is 2.28. The Morgan fingerprint density at radius 3 is 2.54 bits per heavy atom. The molecule has 1 heterocycles. The topological polar surface area (TPSA) is 3.24 Å². The Bertz CT molecular complexity index is 144. The fraction of sp³-hybridized carbons (Fsp3) is 1.00. The van der Waals surface area contributed by atoms with Gasteiger partial charge in [0.15, 0.2) is 0 Å². The standard InChI is InChI=1S/C12H25N/c1-5-8-13-9-6-7-11(10-13)12(2,3)4/h11H,5-10H2,1-4H3. The van der Waals surface area contributed by atoms with Crippen molar-refractivity contribution in [1.29, 1.82) is 0 Å². The molecule has 0 amide bonds. The average Bonchev–Trinajstić information content (AvgIpc) is 2.04. The molecule has 13 heavy (non-hydrogen) atoms. The van der Waals surface area contributed by atoms with E-state index in [1.54, 1.807) is 0 Å². The van der Waals surface area contributed by atoms with Crippen LogP contribution in [0.5, 0.6) is 0 Å². The molecular formula is C12H25N. The highest BCUT2D eigenvalue weighted by atomic mass is 15.1. The van der Waals surface area contributed by atoms with Crippen LogP contribution in [0.2, 0.25) is 0 Å². The van der Waals surface area contributed by atoms with E-state index in [0.29, 0.717) is 5.41 Å². The highest BCUT2D eigenvalue weighted by molar-refractivity contribution is 4.81. The minimum atomic E-state index is 0.506. The predicted molar refractivity (Wildman–Crippen MR) is 58.9 cm³/mol. The molecule has 1 saturated heterocycles. The SMILES string of the molecule is CCCN1CCCC(C(C)(C)C)C1. The zero-order valence-corrected chi connectivity index (χ0v) is 9.77. The second-order valence-corrected chi connectivity index (χ2v) is 5.51. The molecule has 0 aromatic carbocycles. The Morgan fingerprint density at radius 1 is 1.31 bits per heavy atom. The molecule has 0 bridgehead atoms. The third-order valence-corrected chi connectivity index (χ3v) is 3.27. The summed E-state index contributed by atoms with van der Waals surface area (Å²) >= 11 is 0. The Labute approximate surface area is 83.5 Å². The highest BCUT2D eigenvalue weighted by Crippen LogP contribution is 2.33. The van der Waals surface area contributed by atoms with Crippen molar-refractivity contribution in [2.75, 3.05) is 19.6 Å². The minimum Gasteiger partial charge on any atom is -0.303 e. The molecule has 0 saturated carbocycles. The summed E-state index contributed by atoms with van der Waals surface area (Å²) in [6, 6.07) is 0. The summed E-state index contributed by atoms with van der Waals surface area (Å²) in [4.78, 5) is 2.64. The number of nitrogens with zero attached hydrogens (tertiary/aromatic N) is 1. The van der Waals surface area contributed by atoms with Crippen LogP contribution in [0.4, 0.5) is 0 Å². The van der Waals surface area contributed by atoms with E-state index in [1.807, 2.05) is 0 Å². The van der Waals surface area contributed by atoms with Gasteiger partial charge >= 0.3 is 0 Å². The summed E-state index contributed by atoms with van der Waals surface area (Å²) in [5.41, 5.74) is 0.506. The lowest BCUT2D eigenvalue weighted by Crippen LogP contribution is -2.40. The van der Waals surface area contributed by atoms with Gasteiger partial charge in [0.2, 0.25) is 0 Å². The maximum absolute atomic E-state index is 2.64. The van der Waals surface area contributed by atoms with E-state index in [9.17, 15) is 0 Å². The van der Waals surface area contributed by atoms with Gasteiger partial charge in [-0.05, 0) is 43.7 Å². The number of rotatable bonds is 2. The Balaban J connectivity index is 2.42. The summed E-state index contributed by atoms with van der Waals surface area (Å²) in [5, 5.41) is 0. The van der Waals surface area contributed by atoms with Crippen molar-refractivity contribution < 1.29 is 0 Å². The second kappa shape index (κ2) is 4.45. The maximum atomic E-state index is 2.64. The molecule has 0 aromatic rings. The molecule has 1 unspecified atom stereocenters. The van der Waals surface area contributed by atoms with Crippen LogP contribution >= 0.6 is 0 Å². The van der Waals surface area contributed by atoms with Crippen LogP contribution in [0.1, 0.15) is 47.0 Å². The zero-order chi connectivity index (χ0) is 9.90. The predicted octanol–water partition coefficient (Wildman–Crippen LogP) is 3.15. The number of piperidine rings is 1. The largest absolute Gasteiger partial charge is 0.303 e. The molecule has 0 spiro atoms. The van der Waals surface area contributed by atoms with Crippen LogP contribution < -0.4 is 0 Å². The Kier molecular flexibility index (Phi) is 3.78. The van der Waals surface area contributed by atoms with E-state index in [-0.39, 0.29) is 0 Å². The molecule has 1 aliphatic rings. The van der Waals surface area contributed by atoms with Gasteiger partial charge in [-0.25, -0.2) is 0 Å². The molecule has 1 heteroatoms. The van der Waals surface area contributed by atoms with Crippen LogP contribution in [0.3, 0.4) is 0 Å². The molecule has 1 nitrogen and oxygen atoms in total. The fourth-order valence-electron chi connectivity index (χ4n) is 2.28. The number of likely N-dealkylation sites (tertiary alicyclic amines) is 1. The summed E-state index contributed by atoms with van der Waals surface area (Å²) in [7, 11) is 0. The van der Waals surface area contributed by atoms with Crippen molar-refractivity contribution in [2.24, 2.45) is 11.3 Å². The third kappa shape index (κ3) is 3.30. The first-order valence-electron chi connectivity index (χ1n) is 5.76. The molecule has 0 N–H and O–H groups in total. The minimum absolute atomic E-state index is 0.506. The Hall–Kier alpha value is -0.0400. The van der Waals surface area contributed by atoms with Gasteiger partial charge in [0.05, 0.1) is 0 Å². The van der Waals surface area contributed by atoms with Gasteiger partial charge in [0.25, 0.3) is 0 Å². The van der Waals surface area contributed by atoms with Crippen LogP contribution in [-0.2, 0) is 0 Å². The molecule has 78 valence electrons. The molecular weight excluding hydrogens is 158 g/mol. The lowest BCUT2D eigenvalue weighted by Gasteiger charge is -2.39. The number of hydrogen-bond donors (Lipinski definition) is 0. The number of hydrogen-bond acceptors (Lipinski definition) is 1. The smallest absolute Gasteiger partial charge is 0.00147 e. The van der Waals surface area contributed by atoms with Gasteiger partial charge in [-0.15, -0.1) is 0 Å². The molecule has 1 rings (SSSR count). The Morgan fingerprint density at radius 2 is 2.00 bits per heavy atom. The lowest BCUT2D eigenvalue weighted by molar-refractivity contribution is 0.0993. The zero-order valence-electron chi connectivity index (χ0n) is 9.77. The molecule has 0 aliphatic carbocycles. The van der Waals surface area contributed by atoms with Crippen LogP contribution in [0.15, 0.2) is 0 Å². The van der Waals surface area contributed by atoms with E-state index in [0.717, 1.165) is 5.92 Å². The van der Waals surface area contributed by atoms with Crippen molar-refractivity contribution in [3.8, 4) is 0 Å². The van der Waals surface area contributed by atoms with Gasteiger partial charge in [-0.1, -0.05) is 27.7 Å². The van der Waals surface area contributed by atoms with Gasteiger partial charge < -0.3 is 4.90 Å². The average molecular weight is 183 g/mol. The quantitative estimate of drug-likeness (QED) is 0.635. The summed E-state index contributed by atoms with van der Waals surface area (Å²) in [6.45, 7) is 13.4. The van der Waals surface area contributed by atoms with E-state index in [2.05, 4.69) is 32.6 Å². The summed E-state index contributed by atoms with van der Waals surface area (Å²) < 4.78 is 0. The monoisotopic (exact) mass is 183 g/mol. The van der Waals surface area contributed by atoms with Crippen LogP contribution in [-0.4, -0.2) is 24.5 Å². The lowest BCUT2D eigenvalue weighted by atomic mass is 9.76. The highest BCUT2D eigenvalue weighted by Gasteiger charge is 2.28. The molecule has 0 radical (unpaired) electrons. The first-order chi connectivity index (χ1) is 6.04. The van der Waals surface area contributed by atoms with Crippen LogP contribution in [0, 0.1) is 11.3 Å². The van der Waals surface area contributed by atoms with Crippen molar-refractivity contribution in [3.63, 3.8) is 0 Å². The normalized spacial score (nSPS) is 26.3. The van der Waals surface area contributed by atoms with E-state index in [4.69, 9.17) is 0 Å². The van der Waals surface area contributed by atoms with Crippen molar-refractivity contribution in [1.82, 2.24) is 4.90 Å². The molecule has 1 atom stereocenters. The second-order valence-electron chi connectivity index (χ2n) is 5.51. The molecule has 1 aliphatic heterocycles. The molecule has 0 aromatic heterocycles.